The van der Waals surface area contributed by atoms with Crippen LogP contribution in [0, 0.1) is 5.41 Å². The van der Waals surface area contributed by atoms with E-state index in [1.165, 1.54) is 37.8 Å². The molecule has 0 saturated heterocycles. The molecule has 0 bridgehead atoms. The zero-order valence-electron chi connectivity index (χ0n) is 15.6. The molecule has 1 N–H and O–H groups in total. The summed E-state index contributed by atoms with van der Waals surface area (Å²) in [5.74, 6) is 1.42. The van der Waals surface area contributed by atoms with Crippen molar-refractivity contribution in [3.05, 3.63) is 17.8 Å². The molecule has 3 aliphatic rings. The summed E-state index contributed by atoms with van der Waals surface area (Å²) >= 11 is 0. The van der Waals surface area contributed by atoms with Gasteiger partial charge in [0, 0.05) is 24.1 Å². The van der Waals surface area contributed by atoms with Gasteiger partial charge in [0.1, 0.15) is 5.52 Å². The zero-order chi connectivity index (χ0) is 17.7. The van der Waals surface area contributed by atoms with Gasteiger partial charge in [-0.15, -0.1) is 0 Å². The van der Waals surface area contributed by atoms with Gasteiger partial charge in [0.25, 0.3) is 0 Å². The van der Waals surface area contributed by atoms with Crippen molar-refractivity contribution < 1.29 is 4.79 Å². The molecular formula is C21H28N4O. The molecule has 0 aromatic carbocycles. The Kier molecular flexibility index (Phi) is 3.80. The van der Waals surface area contributed by atoms with Crippen LogP contribution >= 0.6 is 0 Å². The summed E-state index contributed by atoms with van der Waals surface area (Å²) in [6.45, 7) is 2.22. The highest BCUT2D eigenvalue weighted by Crippen LogP contribution is 2.44. The van der Waals surface area contributed by atoms with Crippen molar-refractivity contribution in [2.45, 2.75) is 83.1 Å². The smallest absolute Gasteiger partial charge is 0.227 e. The number of hydrogen-bond donors (Lipinski definition) is 1. The van der Waals surface area contributed by atoms with Crippen molar-refractivity contribution in [3.8, 4) is 0 Å². The van der Waals surface area contributed by atoms with Gasteiger partial charge in [0.15, 0.2) is 5.65 Å². The van der Waals surface area contributed by atoms with E-state index >= 15 is 0 Å². The number of aromatic nitrogens is 3. The number of carbonyl (C=O) groups is 1. The van der Waals surface area contributed by atoms with E-state index in [0.29, 0.717) is 24.3 Å². The highest BCUT2D eigenvalue weighted by Gasteiger charge is 2.35. The molecule has 0 atom stereocenters. The number of carbonyl (C=O) groups excluding carboxylic acids is 1. The number of nitrogens with one attached hydrogen (secondary N) is 1. The fourth-order valence-corrected chi connectivity index (χ4v) is 4.51. The minimum atomic E-state index is 0.0993. The van der Waals surface area contributed by atoms with Crippen LogP contribution in [0.25, 0.3) is 11.2 Å². The van der Waals surface area contributed by atoms with Crippen LogP contribution in [0.5, 0.6) is 0 Å². The lowest BCUT2D eigenvalue weighted by Crippen LogP contribution is -2.32. The van der Waals surface area contributed by atoms with Crippen LogP contribution in [-0.4, -0.2) is 20.4 Å². The van der Waals surface area contributed by atoms with Gasteiger partial charge in [-0.1, -0.05) is 19.8 Å². The first kappa shape index (κ1) is 16.3. The Morgan fingerprint density at radius 2 is 1.92 bits per heavy atom. The standard InChI is InChI=1S/C21H28N4O/c1-21(11-4-12-21)13-18(26)24-20-23-17-10-9-16(14-5-2-6-14)22-19(17)25(20)15-7-3-8-15/h9-10,14-15H,2-8,11-13H2,1H3,(H,23,24,26). The Morgan fingerprint density at radius 1 is 1.15 bits per heavy atom. The summed E-state index contributed by atoms with van der Waals surface area (Å²) in [7, 11) is 0. The topological polar surface area (TPSA) is 59.8 Å². The average Bonchev–Trinajstić information content (AvgIpc) is 2.80. The number of fused-ring (bicyclic) bond motifs is 1. The molecule has 2 heterocycles. The molecule has 26 heavy (non-hydrogen) atoms. The van der Waals surface area contributed by atoms with Crippen LogP contribution in [-0.2, 0) is 4.79 Å². The summed E-state index contributed by atoms with van der Waals surface area (Å²) in [6, 6.07) is 4.65. The predicted molar refractivity (Wildman–Crippen MR) is 102 cm³/mol. The molecule has 3 aliphatic carbocycles. The van der Waals surface area contributed by atoms with Gasteiger partial charge in [-0.3, -0.25) is 14.7 Å². The molecule has 3 fully saturated rings. The maximum atomic E-state index is 12.6. The second-order valence-electron chi connectivity index (χ2n) is 8.99. The lowest BCUT2D eigenvalue weighted by atomic mass is 9.68. The number of rotatable bonds is 5. The highest BCUT2D eigenvalue weighted by atomic mass is 16.1. The lowest BCUT2D eigenvalue weighted by molar-refractivity contribution is -0.119. The van der Waals surface area contributed by atoms with E-state index in [0.717, 1.165) is 36.8 Å². The third-order valence-corrected chi connectivity index (χ3v) is 6.92. The number of nitrogens with zero attached hydrogens (tertiary/aromatic N) is 3. The van der Waals surface area contributed by atoms with Crippen LogP contribution < -0.4 is 5.32 Å². The zero-order valence-corrected chi connectivity index (χ0v) is 15.6. The van der Waals surface area contributed by atoms with Crippen LogP contribution in [0.2, 0.25) is 0 Å². The molecule has 0 spiro atoms. The molecule has 1 amide bonds. The number of amides is 1. The van der Waals surface area contributed by atoms with Gasteiger partial charge < -0.3 is 0 Å². The summed E-state index contributed by atoms with van der Waals surface area (Å²) < 4.78 is 2.21. The third-order valence-electron chi connectivity index (χ3n) is 6.92. The predicted octanol–water partition coefficient (Wildman–Crippen LogP) is 4.94. The second-order valence-corrected chi connectivity index (χ2v) is 8.99. The van der Waals surface area contributed by atoms with Crippen molar-refractivity contribution in [3.63, 3.8) is 0 Å². The van der Waals surface area contributed by atoms with Crippen molar-refractivity contribution in [2.24, 2.45) is 5.41 Å². The van der Waals surface area contributed by atoms with Gasteiger partial charge >= 0.3 is 0 Å². The van der Waals surface area contributed by atoms with E-state index in [-0.39, 0.29) is 11.3 Å². The Hall–Kier alpha value is -1.91. The van der Waals surface area contributed by atoms with E-state index in [1.807, 2.05) is 0 Å². The van der Waals surface area contributed by atoms with Crippen LogP contribution in [0.3, 0.4) is 0 Å². The molecule has 0 aliphatic heterocycles. The summed E-state index contributed by atoms with van der Waals surface area (Å²) in [6.07, 6.45) is 11.5. The van der Waals surface area contributed by atoms with E-state index in [4.69, 9.17) is 9.97 Å². The Bertz CT molecular complexity index is 843. The Morgan fingerprint density at radius 3 is 2.50 bits per heavy atom. The van der Waals surface area contributed by atoms with Crippen molar-refractivity contribution in [1.82, 2.24) is 14.5 Å². The number of pyridine rings is 1. The molecule has 5 nitrogen and oxygen atoms in total. The number of imidazole rings is 1. The molecule has 0 unspecified atom stereocenters. The number of anilines is 1. The summed E-state index contributed by atoms with van der Waals surface area (Å²) in [5.41, 5.74) is 3.26. The van der Waals surface area contributed by atoms with Crippen LogP contribution in [0.4, 0.5) is 5.95 Å². The lowest BCUT2D eigenvalue weighted by Gasteiger charge is -2.37. The summed E-state index contributed by atoms with van der Waals surface area (Å²) in [4.78, 5) is 22.3. The van der Waals surface area contributed by atoms with Gasteiger partial charge in [0.05, 0.1) is 0 Å². The van der Waals surface area contributed by atoms with Crippen LogP contribution in [0.1, 0.15) is 88.8 Å². The number of hydrogen-bond acceptors (Lipinski definition) is 3. The maximum absolute atomic E-state index is 12.6. The van der Waals surface area contributed by atoms with Gasteiger partial charge in [-0.25, -0.2) is 9.97 Å². The van der Waals surface area contributed by atoms with Gasteiger partial charge in [-0.05, 0) is 62.5 Å². The molecule has 5 rings (SSSR count). The minimum Gasteiger partial charge on any atom is -0.296 e. The SMILES string of the molecule is CC1(CC(=O)Nc2nc3ccc(C4CCC4)nc3n2C2CCC2)CCC1. The molecule has 2 aromatic rings. The molecule has 5 heteroatoms. The third kappa shape index (κ3) is 2.72. The molecule has 3 saturated carbocycles. The molecular weight excluding hydrogens is 324 g/mol. The molecule has 138 valence electrons. The van der Waals surface area contributed by atoms with E-state index in [9.17, 15) is 4.79 Å². The molecule has 0 radical (unpaired) electrons. The van der Waals surface area contributed by atoms with Gasteiger partial charge in [-0.2, -0.15) is 0 Å². The monoisotopic (exact) mass is 352 g/mol. The normalized spacial score (nSPS) is 22.5. The summed E-state index contributed by atoms with van der Waals surface area (Å²) in [5, 5.41) is 3.12. The Labute approximate surface area is 154 Å². The first-order valence-electron chi connectivity index (χ1n) is 10.3. The highest BCUT2D eigenvalue weighted by molar-refractivity contribution is 5.91. The minimum absolute atomic E-state index is 0.0993. The van der Waals surface area contributed by atoms with Crippen LogP contribution in [0.15, 0.2) is 12.1 Å². The second kappa shape index (κ2) is 6.07. The maximum Gasteiger partial charge on any atom is 0.227 e. The fraction of sp³-hybridized carbons (Fsp3) is 0.667. The van der Waals surface area contributed by atoms with E-state index < -0.39 is 0 Å². The van der Waals surface area contributed by atoms with Crippen molar-refractivity contribution in [1.29, 1.82) is 0 Å². The quantitative estimate of drug-likeness (QED) is 0.829. The first-order valence-corrected chi connectivity index (χ1v) is 10.3. The van der Waals surface area contributed by atoms with E-state index in [2.05, 4.69) is 28.9 Å². The van der Waals surface area contributed by atoms with Crippen molar-refractivity contribution >= 4 is 23.0 Å². The fourth-order valence-electron chi connectivity index (χ4n) is 4.51. The van der Waals surface area contributed by atoms with Gasteiger partial charge in [0.2, 0.25) is 11.9 Å². The van der Waals surface area contributed by atoms with Crippen molar-refractivity contribution in [2.75, 3.05) is 5.32 Å². The van der Waals surface area contributed by atoms with E-state index in [1.54, 1.807) is 0 Å². The average molecular weight is 352 g/mol. The largest absolute Gasteiger partial charge is 0.296 e. The Balaban J connectivity index is 1.46. The first-order chi connectivity index (χ1) is 12.6. The molecule has 2 aromatic heterocycles.